The van der Waals surface area contributed by atoms with Crippen molar-refractivity contribution >= 4 is 27.4 Å². The van der Waals surface area contributed by atoms with Gasteiger partial charge in [-0.3, -0.25) is 0 Å². The van der Waals surface area contributed by atoms with E-state index < -0.39 is 0 Å². The van der Waals surface area contributed by atoms with Crippen LogP contribution in [0.2, 0.25) is 0 Å². The fraction of sp³-hybridized carbons (Fsp3) is 0.368. The number of benzene rings is 1. The van der Waals surface area contributed by atoms with Crippen molar-refractivity contribution in [2.45, 2.75) is 20.3 Å². The number of ether oxygens (including phenoxy) is 1. The third-order valence-electron chi connectivity index (χ3n) is 3.63. The van der Waals surface area contributed by atoms with Crippen LogP contribution in [0.25, 0.3) is 21.6 Å². The molecule has 1 saturated heterocycles. The monoisotopic (exact) mass is 341 g/mol. The molecule has 0 unspecified atom stereocenters. The molecule has 4 rings (SSSR count). The van der Waals surface area contributed by atoms with Crippen LogP contribution in [0.15, 0.2) is 41.8 Å². The predicted molar refractivity (Wildman–Crippen MR) is 102 cm³/mol. The molecule has 1 aromatic carbocycles. The van der Waals surface area contributed by atoms with E-state index in [9.17, 15) is 0 Å². The summed E-state index contributed by atoms with van der Waals surface area (Å²) in [7, 11) is 0. The zero-order valence-electron chi connectivity index (χ0n) is 14.2. The van der Waals surface area contributed by atoms with Crippen molar-refractivity contribution in [3.63, 3.8) is 0 Å². The number of thiophene rings is 1. The molecular weight excluding hydrogens is 318 g/mol. The van der Waals surface area contributed by atoms with E-state index >= 15 is 0 Å². The molecule has 0 spiro atoms. The van der Waals surface area contributed by atoms with Gasteiger partial charge in [-0.15, -0.1) is 11.3 Å². The van der Waals surface area contributed by atoms with Crippen molar-refractivity contribution in [3.05, 3.63) is 41.8 Å². The molecule has 3 heterocycles. The molecule has 0 bridgehead atoms. The van der Waals surface area contributed by atoms with Crippen LogP contribution in [0.3, 0.4) is 0 Å². The number of nitrogens with zero attached hydrogens (tertiary/aromatic N) is 3. The first-order valence-corrected chi connectivity index (χ1v) is 9.34. The van der Waals surface area contributed by atoms with Gasteiger partial charge in [0.15, 0.2) is 11.6 Å². The fourth-order valence-electron chi connectivity index (χ4n) is 2.55. The highest BCUT2D eigenvalue weighted by Crippen LogP contribution is 2.31. The minimum atomic E-state index is 0.761. The summed E-state index contributed by atoms with van der Waals surface area (Å²) < 4.78 is 6.61. The van der Waals surface area contributed by atoms with Crippen LogP contribution < -0.4 is 4.90 Å². The van der Waals surface area contributed by atoms with Crippen molar-refractivity contribution in [1.82, 2.24) is 9.97 Å². The molecule has 126 valence electrons. The first-order valence-electron chi connectivity index (χ1n) is 8.46. The normalized spacial score (nSPS) is 14.3. The van der Waals surface area contributed by atoms with E-state index in [-0.39, 0.29) is 0 Å². The van der Waals surface area contributed by atoms with Crippen LogP contribution in [-0.2, 0) is 4.74 Å². The molecule has 0 amide bonds. The van der Waals surface area contributed by atoms with Gasteiger partial charge in [-0.1, -0.05) is 50.6 Å². The van der Waals surface area contributed by atoms with E-state index in [4.69, 9.17) is 14.7 Å². The zero-order valence-corrected chi connectivity index (χ0v) is 15.1. The Morgan fingerprint density at radius 1 is 1.04 bits per heavy atom. The van der Waals surface area contributed by atoms with Crippen molar-refractivity contribution < 1.29 is 4.74 Å². The van der Waals surface area contributed by atoms with E-state index in [1.807, 2.05) is 18.2 Å². The maximum absolute atomic E-state index is 5.45. The maximum atomic E-state index is 5.45. The van der Waals surface area contributed by atoms with Gasteiger partial charge in [0.2, 0.25) is 0 Å². The van der Waals surface area contributed by atoms with E-state index in [1.165, 1.54) is 6.42 Å². The predicted octanol–water partition coefficient (Wildman–Crippen LogP) is 4.61. The van der Waals surface area contributed by atoms with Gasteiger partial charge in [-0.05, 0) is 11.4 Å². The Morgan fingerprint density at radius 3 is 2.46 bits per heavy atom. The van der Waals surface area contributed by atoms with Gasteiger partial charge in [0.05, 0.1) is 23.4 Å². The highest BCUT2D eigenvalue weighted by Gasteiger charge is 2.18. The standard InChI is InChI=1S/C16H15N3OS.C3H8/c1-2-4-12(5-3-1)15-17-13-6-11-21-14(13)16(18-15)19-7-9-20-10-8-19;1-3-2/h1-6,11H,7-10H2;3H2,1-2H3. The Labute approximate surface area is 147 Å². The van der Waals surface area contributed by atoms with Crippen molar-refractivity contribution in [2.24, 2.45) is 0 Å². The van der Waals surface area contributed by atoms with Crippen molar-refractivity contribution in [1.29, 1.82) is 0 Å². The second-order valence-electron chi connectivity index (χ2n) is 5.68. The number of fused-ring (bicyclic) bond motifs is 1. The third kappa shape index (κ3) is 3.74. The number of hydrogen-bond donors (Lipinski definition) is 0. The zero-order chi connectivity index (χ0) is 16.8. The first-order chi connectivity index (χ1) is 11.8. The lowest BCUT2D eigenvalue weighted by molar-refractivity contribution is 0.122. The molecule has 0 radical (unpaired) electrons. The van der Waals surface area contributed by atoms with Gasteiger partial charge in [0, 0.05) is 18.7 Å². The average molecular weight is 341 g/mol. The molecule has 2 aromatic heterocycles. The molecule has 0 N–H and O–H groups in total. The van der Waals surface area contributed by atoms with Crippen molar-refractivity contribution in [3.8, 4) is 11.4 Å². The van der Waals surface area contributed by atoms with Crippen LogP contribution in [0.1, 0.15) is 20.3 Å². The van der Waals surface area contributed by atoms with Crippen LogP contribution in [0, 0.1) is 0 Å². The SMILES string of the molecule is CCC.c1ccc(-c2nc(N3CCOCC3)c3sccc3n2)cc1. The summed E-state index contributed by atoms with van der Waals surface area (Å²) in [6.45, 7) is 7.55. The second kappa shape index (κ2) is 8.22. The lowest BCUT2D eigenvalue weighted by Gasteiger charge is -2.28. The minimum Gasteiger partial charge on any atom is -0.378 e. The molecular formula is C19H23N3OS. The number of hydrogen-bond acceptors (Lipinski definition) is 5. The summed E-state index contributed by atoms with van der Waals surface area (Å²) in [6.07, 6.45) is 1.25. The second-order valence-corrected chi connectivity index (χ2v) is 6.59. The minimum absolute atomic E-state index is 0.761. The smallest absolute Gasteiger partial charge is 0.162 e. The number of rotatable bonds is 2. The molecule has 4 nitrogen and oxygen atoms in total. The Morgan fingerprint density at radius 2 is 1.75 bits per heavy atom. The summed E-state index contributed by atoms with van der Waals surface area (Å²) in [4.78, 5) is 11.8. The van der Waals surface area contributed by atoms with Crippen molar-refractivity contribution in [2.75, 3.05) is 31.2 Å². The Bertz CT molecular complexity index is 767. The Kier molecular flexibility index (Phi) is 5.77. The van der Waals surface area contributed by atoms with Crippen LogP contribution in [0.4, 0.5) is 5.82 Å². The molecule has 24 heavy (non-hydrogen) atoms. The molecule has 3 aromatic rings. The molecule has 0 saturated carbocycles. The largest absolute Gasteiger partial charge is 0.378 e. The first kappa shape index (κ1) is 16.9. The lowest BCUT2D eigenvalue weighted by atomic mass is 10.2. The summed E-state index contributed by atoms with van der Waals surface area (Å²) in [5.74, 6) is 1.83. The number of aromatic nitrogens is 2. The topological polar surface area (TPSA) is 38.2 Å². The Balaban J connectivity index is 0.000000526. The highest BCUT2D eigenvalue weighted by atomic mass is 32.1. The van der Waals surface area contributed by atoms with Gasteiger partial charge < -0.3 is 9.64 Å². The molecule has 0 atom stereocenters. The Hall–Kier alpha value is -1.98. The molecule has 1 aliphatic rings. The quantitative estimate of drug-likeness (QED) is 0.682. The third-order valence-corrected chi connectivity index (χ3v) is 4.53. The maximum Gasteiger partial charge on any atom is 0.162 e. The highest BCUT2D eigenvalue weighted by molar-refractivity contribution is 7.17. The van der Waals surface area contributed by atoms with Gasteiger partial charge >= 0.3 is 0 Å². The fourth-order valence-corrected chi connectivity index (χ4v) is 3.40. The molecule has 1 fully saturated rings. The lowest BCUT2D eigenvalue weighted by Crippen LogP contribution is -2.36. The van der Waals surface area contributed by atoms with E-state index in [2.05, 4.69) is 42.3 Å². The van der Waals surface area contributed by atoms with Gasteiger partial charge in [-0.2, -0.15) is 0 Å². The summed E-state index contributed by atoms with van der Waals surface area (Å²) in [5, 5.41) is 2.08. The van der Waals surface area contributed by atoms with E-state index in [0.29, 0.717) is 0 Å². The summed E-state index contributed by atoms with van der Waals surface area (Å²) >= 11 is 1.70. The number of anilines is 1. The van der Waals surface area contributed by atoms with Crippen LogP contribution in [-0.4, -0.2) is 36.3 Å². The molecule has 1 aliphatic heterocycles. The van der Waals surface area contributed by atoms with Crippen LogP contribution in [0.5, 0.6) is 0 Å². The molecule has 0 aliphatic carbocycles. The van der Waals surface area contributed by atoms with Gasteiger partial charge in [0.1, 0.15) is 0 Å². The van der Waals surface area contributed by atoms with Crippen LogP contribution >= 0.6 is 11.3 Å². The van der Waals surface area contributed by atoms with E-state index in [1.54, 1.807) is 11.3 Å². The van der Waals surface area contributed by atoms with Gasteiger partial charge in [0.25, 0.3) is 0 Å². The summed E-state index contributed by atoms with van der Waals surface area (Å²) in [5.41, 5.74) is 2.08. The molecule has 5 heteroatoms. The van der Waals surface area contributed by atoms with Gasteiger partial charge in [-0.25, -0.2) is 9.97 Å². The number of morpholine rings is 1. The summed E-state index contributed by atoms with van der Waals surface area (Å²) in [6, 6.07) is 12.2. The average Bonchev–Trinajstić information content (AvgIpc) is 3.12. The van der Waals surface area contributed by atoms with E-state index in [0.717, 1.165) is 53.7 Å².